The second kappa shape index (κ2) is 13.0. The summed E-state index contributed by atoms with van der Waals surface area (Å²) in [7, 11) is 0. The van der Waals surface area contributed by atoms with Crippen LogP contribution in [-0.2, 0) is 0 Å². The fourth-order valence-corrected chi connectivity index (χ4v) is 8.92. The molecule has 3 aromatic heterocycles. The van der Waals surface area contributed by atoms with Crippen molar-refractivity contribution in [3.63, 3.8) is 0 Å². The van der Waals surface area contributed by atoms with Gasteiger partial charge in [-0.05, 0) is 119 Å². The zero-order valence-electron chi connectivity index (χ0n) is 31.4. The molecule has 0 amide bonds. The van der Waals surface area contributed by atoms with Crippen LogP contribution in [0.3, 0.4) is 0 Å². The number of benzene rings is 8. The molecule has 1 unspecified atom stereocenters. The average Bonchev–Trinajstić information content (AvgIpc) is 3.97. The molecule has 3 heterocycles. The molecule has 1 atom stereocenters. The Balaban J connectivity index is 0.968. The van der Waals surface area contributed by atoms with E-state index in [1.165, 1.54) is 16.2 Å². The number of fused-ring (bicyclic) bond motifs is 9. The van der Waals surface area contributed by atoms with Crippen molar-refractivity contribution in [2.75, 3.05) is 4.90 Å². The normalized spacial score (nSPS) is 13.9. The van der Waals surface area contributed by atoms with Crippen molar-refractivity contribution in [2.24, 2.45) is 0 Å². The van der Waals surface area contributed by atoms with Crippen molar-refractivity contribution >= 4 is 84.1 Å². The molecule has 8 aromatic carbocycles. The molecule has 12 rings (SSSR count). The predicted octanol–water partition coefficient (Wildman–Crippen LogP) is 13.8. The first-order valence-corrected chi connectivity index (χ1v) is 19.8. The minimum atomic E-state index is 0.255. The van der Waals surface area contributed by atoms with Crippen LogP contribution in [0.1, 0.15) is 17.9 Å². The van der Waals surface area contributed by atoms with Crippen LogP contribution < -0.4 is 15.5 Å². The zero-order valence-corrected chi connectivity index (χ0v) is 31.4. The number of nitrogens with zero attached hydrogens (tertiary/aromatic N) is 1. The van der Waals surface area contributed by atoms with Crippen molar-refractivity contribution in [2.45, 2.75) is 12.3 Å². The molecule has 0 saturated heterocycles. The fraction of sp³-hybridized carbons (Fsp3) is 0.0370. The van der Waals surface area contributed by atoms with Crippen molar-refractivity contribution in [1.29, 1.82) is 0 Å². The Hall–Kier alpha value is -7.56. The van der Waals surface area contributed by atoms with Gasteiger partial charge in [-0.15, -0.1) is 0 Å². The molecule has 4 heteroatoms. The Kier molecular flexibility index (Phi) is 7.32. The third-order valence-corrected chi connectivity index (χ3v) is 11.8. The lowest BCUT2D eigenvalue weighted by Crippen LogP contribution is -2.24. The van der Waals surface area contributed by atoms with Crippen LogP contribution in [0.2, 0.25) is 0 Å². The number of hydrogen-bond acceptors (Lipinski definition) is 4. The van der Waals surface area contributed by atoms with E-state index in [1.807, 2.05) is 36.4 Å². The number of hydrogen-bond donors (Lipinski definition) is 0. The van der Waals surface area contributed by atoms with Gasteiger partial charge in [-0.25, -0.2) is 0 Å². The van der Waals surface area contributed by atoms with Gasteiger partial charge in [0.25, 0.3) is 0 Å². The van der Waals surface area contributed by atoms with Crippen LogP contribution in [0.15, 0.2) is 195 Å². The van der Waals surface area contributed by atoms with Crippen LogP contribution in [0.4, 0.5) is 17.1 Å². The standard InChI is InChI=1S/C54H35NO3/c1-4-16-49-43(13-1)46-31-37(21-26-52(46)56-49)34-19-24-40(25-20-34)55(41-11-7-9-35(29-41)38-22-27-53-47(32-38)44-14-2-5-17-50(44)57-53)42-12-8-10-36(30-42)39-23-28-54-48(33-39)45-15-3-6-18-51(45)58-54/h1-20,22-33,37H,21H2. The van der Waals surface area contributed by atoms with E-state index in [9.17, 15) is 0 Å². The third-order valence-electron chi connectivity index (χ3n) is 11.8. The topological polar surface area (TPSA) is 42.7 Å². The van der Waals surface area contributed by atoms with Gasteiger partial charge in [0.05, 0.1) is 0 Å². The van der Waals surface area contributed by atoms with Crippen molar-refractivity contribution < 1.29 is 13.3 Å². The zero-order chi connectivity index (χ0) is 38.2. The second-order valence-corrected chi connectivity index (χ2v) is 15.2. The lowest BCUT2D eigenvalue weighted by molar-refractivity contribution is 0.570. The van der Waals surface area contributed by atoms with Gasteiger partial charge in [0.15, 0.2) is 0 Å². The minimum Gasteiger partial charge on any atom is -0.456 e. The summed E-state index contributed by atoms with van der Waals surface area (Å²) < 4.78 is 18.5. The van der Waals surface area contributed by atoms with Crippen molar-refractivity contribution in [1.82, 2.24) is 0 Å². The first-order chi connectivity index (χ1) is 28.7. The van der Waals surface area contributed by atoms with E-state index in [0.717, 1.165) is 101 Å². The minimum absolute atomic E-state index is 0.255. The maximum Gasteiger partial charge on any atom is 0.135 e. The molecule has 274 valence electrons. The molecule has 0 aliphatic heterocycles. The molecule has 0 saturated carbocycles. The Morgan fingerprint density at radius 2 is 0.879 bits per heavy atom. The highest BCUT2D eigenvalue weighted by molar-refractivity contribution is 6.07. The van der Waals surface area contributed by atoms with Gasteiger partial charge in [-0.2, -0.15) is 0 Å². The Labute approximate surface area is 333 Å². The van der Waals surface area contributed by atoms with E-state index in [2.05, 4.69) is 163 Å². The average molecular weight is 746 g/mol. The van der Waals surface area contributed by atoms with Crippen LogP contribution in [0, 0.1) is 0 Å². The van der Waals surface area contributed by atoms with Crippen LogP contribution in [0.25, 0.3) is 89.3 Å². The Bertz CT molecular complexity index is 3350. The fourth-order valence-electron chi connectivity index (χ4n) is 8.92. The second-order valence-electron chi connectivity index (χ2n) is 15.2. The Morgan fingerprint density at radius 3 is 1.47 bits per heavy atom. The van der Waals surface area contributed by atoms with E-state index in [1.54, 1.807) is 0 Å². The number of anilines is 3. The van der Waals surface area contributed by atoms with Crippen LogP contribution in [0.5, 0.6) is 0 Å². The maximum atomic E-state index is 6.18. The van der Waals surface area contributed by atoms with Crippen molar-refractivity contribution in [3.05, 3.63) is 198 Å². The molecule has 4 nitrogen and oxygen atoms in total. The first kappa shape index (κ1) is 32.7. The molecular weight excluding hydrogens is 711 g/mol. The smallest absolute Gasteiger partial charge is 0.135 e. The lowest BCUT2D eigenvalue weighted by atomic mass is 9.91. The van der Waals surface area contributed by atoms with Gasteiger partial charge < -0.3 is 18.2 Å². The summed E-state index contributed by atoms with van der Waals surface area (Å²) >= 11 is 0. The molecule has 58 heavy (non-hydrogen) atoms. The molecule has 1 aliphatic carbocycles. The first-order valence-electron chi connectivity index (χ1n) is 19.8. The van der Waals surface area contributed by atoms with Gasteiger partial charge in [0.2, 0.25) is 0 Å². The summed E-state index contributed by atoms with van der Waals surface area (Å²) in [6.07, 6.45) is 5.51. The SMILES string of the molecule is C1=c2oc3ccccc3c2=CC(c2ccc(N(c3cccc(-c4ccc5oc6ccccc6c5c4)c3)c3cccc(-c4ccc5oc6ccccc6c5c4)c3)cc2)C1. The highest BCUT2D eigenvalue weighted by atomic mass is 16.3. The molecule has 0 bridgehead atoms. The van der Waals surface area contributed by atoms with E-state index >= 15 is 0 Å². The van der Waals surface area contributed by atoms with E-state index in [4.69, 9.17) is 13.3 Å². The van der Waals surface area contributed by atoms with Gasteiger partial charge in [0.1, 0.15) is 33.3 Å². The summed E-state index contributed by atoms with van der Waals surface area (Å²) in [6.45, 7) is 0. The van der Waals surface area contributed by atoms with Crippen LogP contribution >= 0.6 is 0 Å². The van der Waals surface area contributed by atoms with Gasteiger partial charge >= 0.3 is 0 Å². The summed E-state index contributed by atoms with van der Waals surface area (Å²) in [5.41, 5.74) is 14.6. The van der Waals surface area contributed by atoms with E-state index in [0.29, 0.717) is 0 Å². The largest absolute Gasteiger partial charge is 0.456 e. The summed E-state index contributed by atoms with van der Waals surface area (Å²) in [4.78, 5) is 2.37. The molecule has 0 N–H and O–H groups in total. The quantitative estimate of drug-likeness (QED) is 0.170. The number of para-hydroxylation sites is 3. The van der Waals surface area contributed by atoms with E-state index < -0.39 is 0 Å². The summed E-state index contributed by atoms with van der Waals surface area (Å²) in [5.74, 6) is 0.255. The maximum absolute atomic E-state index is 6.18. The molecular formula is C54H35NO3. The highest BCUT2D eigenvalue weighted by Crippen LogP contribution is 2.41. The number of furan rings is 3. The summed E-state index contributed by atoms with van der Waals surface area (Å²) in [5, 5.41) is 6.85. The molecule has 1 aliphatic rings. The monoisotopic (exact) mass is 745 g/mol. The molecule has 0 spiro atoms. The van der Waals surface area contributed by atoms with Gasteiger partial charge in [-0.1, -0.05) is 109 Å². The Morgan fingerprint density at radius 1 is 0.379 bits per heavy atom. The molecule has 0 radical (unpaired) electrons. The molecule has 0 fully saturated rings. The van der Waals surface area contributed by atoms with Crippen LogP contribution in [-0.4, -0.2) is 0 Å². The van der Waals surface area contributed by atoms with Crippen molar-refractivity contribution in [3.8, 4) is 22.3 Å². The lowest BCUT2D eigenvalue weighted by Gasteiger charge is -2.27. The summed E-state index contributed by atoms with van der Waals surface area (Å²) in [6, 6.07) is 64.6. The number of rotatable bonds is 6. The third kappa shape index (κ3) is 5.37. The van der Waals surface area contributed by atoms with E-state index in [-0.39, 0.29) is 5.92 Å². The predicted molar refractivity (Wildman–Crippen MR) is 238 cm³/mol. The highest BCUT2D eigenvalue weighted by Gasteiger charge is 2.19. The molecule has 11 aromatic rings. The van der Waals surface area contributed by atoms with Gasteiger partial charge in [0, 0.05) is 55.1 Å². The van der Waals surface area contributed by atoms with Gasteiger partial charge in [-0.3, -0.25) is 0 Å².